The van der Waals surface area contributed by atoms with Crippen molar-refractivity contribution in [3.63, 3.8) is 0 Å². The van der Waals surface area contributed by atoms with Gasteiger partial charge < -0.3 is 9.13 Å². The fourth-order valence-electron chi connectivity index (χ4n) is 5.79. The van der Waals surface area contributed by atoms with Crippen LogP contribution in [0.3, 0.4) is 0 Å². The third-order valence-corrected chi connectivity index (χ3v) is 22.7. The second-order valence-electron chi connectivity index (χ2n) is 15.1. The molecule has 2 heterocycles. The standard InChI is InChI=1S/2C13H20F2NSi2.2C5H5.Ti/c2*1-17(2)7-8-18(3,4)16(10-17)13-6-5-11(14)9-12(13)15;2*1-2-4-5-3-1;/h2*5-6H,7-8,10H2,1-4H3;2*1-3H,4H2;/q4*-1;+4. The van der Waals surface area contributed by atoms with E-state index in [9.17, 15) is 17.6 Å². The van der Waals surface area contributed by atoms with Crippen LogP contribution in [0.2, 0.25) is 76.6 Å². The molecule has 2 fully saturated rings. The summed E-state index contributed by atoms with van der Waals surface area (Å²) in [6, 6.07) is 15.1. The van der Waals surface area contributed by atoms with Crippen LogP contribution in [0.25, 0.3) is 0 Å². The van der Waals surface area contributed by atoms with Crippen LogP contribution in [0.15, 0.2) is 60.7 Å². The Morgan fingerprint density at radius 3 is 1.17 bits per heavy atom. The Labute approximate surface area is 300 Å². The summed E-state index contributed by atoms with van der Waals surface area (Å²) in [4.78, 5) is 0. The molecule has 0 bridgehead atoms. The number of anilines is 2. The molecule has 2 aromatic carbocycles. The Balaban J connectivity index is 0.000000248. The first-order valence-electron chi connectivity index (χ1n) is 16.2. The molecule has 2 aliphatic carbocycles. The van der Waals surface area contributed by atoms with Crippen LogP contribution in [0.5, 0.6) is 0 Å². The first kappa shape index (κ1) is 41.5. The van der Waals surface area contributed by atoms with Crippen LogP contribution in [0.4, 0.5) is 28.9 Å². The van der Waals surface area contributed by atoms with Crippen LogP contribution in [-0.4, -0.2) is 45.0 Å². The second-order valence-corrected chi connectivity index (χ2v) is 34.8. The third-order valence-electron chi connectivity index (χ3n) is 8.90. The summed E-state index contributed by atoms with van der Waals surface area (Å²) < 4.78 is 58.3. The van der Waals surface area contributed by atoms with Crippen molar-refractivity contribution < 1.29 is 39.3 Å². The van der Waals surface area contributed by atoms with Crippen molar-refractivity contribution in [2.75, 3.05) is 21.5 Å². The fourth-order valence-corrected chi connectivity index (χ4v) is 26.7. The molecule has 0 aromatic heterocycles. The van der Waals surface area contributed by atoms with E-state index in [0.717, 1.165) is 25.2 Å². The summed E-state index contributed by atoms with van der Waals surface area (Å²) >= 11 is 0. The molecular formula is C36H50F4N2Si4Ti. The zero-order chi connectivity index (χ0) is 34.2. The van der Waals surface area contributed by atoms with Crippen LogP contribution >= 0.6 is 0 Å². The summed E-state index contributed by atoms with van der Waals surface area (Å²) in [5.74, 6) is -2.32. The van der Waals surface area contributed by atoms with E-state index in [0.29, 0.717) is 11.4 Å². The van der Waals surface area contributed by atoms with Crippen molar-refractivity contribution in [2.24, 2.45) is 0 Å². The zero-order valence-corrected chi connectivity index (χ0v) is 34.9. The Hall–Kier alpha value is -1.70. The Bertz CT molecular complexity index is 1310. The van der Waals surface area contributed by atoms with Gasteiger partial charge in [-0.15, -0.1) is 49.2 Å². The number of allylic oxidation sites excluding steroid dienone is 8. The molecule has 2 nitrogen and oxygen atoms in total. The van der Waals surface area contributed by atoms with E-state index in [1.54, 1.807) is 12.1 Å². The van der Waals surface area contributed by atoms with Crippen molar-refractivity contribution in [1.82, 2.24) is 0 Å². The molecule has 0 spiro atoms. The van der Waals surface area contributed by atoms with Crippen molar-refractivity contribution >= 4 is 44.0 Å². The first-order valence-corrected chi connectivity index (χ1v) is 29.3. The molecular weight excluding hydrogens is 697 g/mol. The molecule has 2 saturated heterocycles. The van der Waals surface area contributed by atoms with E-state index in [1.165, 1.54) is 36.3 Å². The average Bonchev–Trinajstić information content (AvgIpc) is 3.73. The van der Waals surface area contributed by atoms with Gasteiger partial charge in [-0.1, -0.05) is 64.5 Å². The van der Waals surface area contributed by atoms with E-state index in [4.69, 9.17) is 0 Å². The molecule has 0 N–H and O–H groups in total. The average molecular weight is 747 g/mol. The smallest absolute Gasteiger partial charge is 0.451 e. The number of benzene rings is 2. The molecule has 4 aliphatic rings. The molecule has 0 atom stereocenters. The number of hydrogen-bond donors (Lipinski definition) is 0. The van der Waals surface area contributed by atoms with Gasteiger partial charge in [-0.3, -0.25) is 12.2 Å². The maximum atomic E-state index is 13.9. The maximum absolute atomic E-state index is 13.9. The van der Waals surface area contributed by atoms with Crippen LogP contribution < -0.4 is 9.13 Å². The van der Waals surface area contributed by atoms with Gasteiger partial charge in [0.05, 0.1) is 16.1 Å². The van der Waals surface area contributed by atoms with E-state index in [-0.39, 0.29) is 21.7 Å². The van der Waals surface area contributed by atoms with Crippen molar-refractivity contribution in [1.29, 1.82) is 0 Å². The zero-order valence-electron chi connectivity index (χ0n) is 29.3. The second kappa shape index (κ2) is 17.8. The van der Waals surface area contributed by atoms with E-state index in [1.807, 2.05) is 24.3 Å². The SMILES string of the molecule is C[Si]1(C)CC[Si](C)(C)N(c2ccc(F)[c-]c2F)C1.C[Si]1(C)CC[Si](C)(C)N(c2ccc(F)[c-]c2F)C1.[C-]1=CC=CC1.[C-]1=CC=CC1.[Ti+4]. The van der Waals surface area contributed by atoms with E-state index in [2.05, 4.69) is 97.9 Å². The van der Waals surface area contributed by atoms with Crippen molar-refractivity contribution in [3.8, 4) is 0 Å². The van der Waals surface area contributed by atoms with E-state index < -0.39 is 55.9 Å². The third kappa shape index (κ3) is 12.9. The van der Waals surface area contributed by atoms with Gasteiger partial charge in [0.2, 0.25) is 0 Å². The molecule has 0 radical (unpaired) electrons. The summed E-state index contributed by atoms with van der Waals surface area (Å²) in [5, 5.41) is 0. The first-order chi connectivity index (χ1) is 21.4. The van der Waals surface area contributed by atoms with Gasteiger partial charge in [0.15, 0.2) is 0 Å². The van der Waals surface area contributed by atoms with Crippen molar-refractivity contribution in [3.05, 3.63) is 108 Å². The van der Waals surface area contributed by atoms with Gasteiger partial charge >= 0.3 is 21.7 Å². The molecule has 2 aliphatic heterocycles. The summed E-state index contributed by atoms with van der Waals surface area (Å²) in [5.41, 5.74) is 1.10. The Morgan fingerprint density at radius 2 is 0.915 bits per heavy atom. The normalized spacial score (nSPS) is 20.6. The maximum Gasteiger partial charge on any atom is 4.00 e. The molecule has 47 heavy (non-hydrogen) atoms. The van der Waals surface area contributed by atoms with Gasteiger partial charge in [-0.25, -0.2) is 41.9 Å². The van der Waals surface area contributed by atoms with Crippen LogP contribution in [-0.2, 0) is 21.7 Å². The van der Waals surface area contributed by atoms with Gasteiger partial charge in [-0.05, 0) is 35.8 Å². The van der Waals surface area contributed by atoms with Gasteiger partial charge in [0.25, 0.3) is 0 Å². The predicted octanol–water partition coefficient (Wildman–Crippen LogP) is 10.7. The topological polar surface area (TPSA) is 6.48 Å². The number of nitrogens with zero attached hydrogens (tertiary/aromatic N) is 2. The molecule has 0 unspecified atom stereocenters. The molecule has 0 saturated carbocycles. The molecule has 0 amide bonds. The van der Waals surface area contributed by atoms with E-state index >= 15 is 0 Å². The van der Waals surface area contributed by atoms with Crippen LogP contribution in [0, 0.1) is 47.6 Å². The van der Waals surface area contributed by atoms with Crippen molar-refractivity contribution in [2.45, 2.75) is 89.4 Å². The Kier molecular flexibility index (Phi) is 15.7. The minimum absolute atomic E-state index is 0. The van der Waals surface area contributed by atoms with Gasteiger partial charge in [-0.2, -0.15) is 12.2 Å². The monoisotopic (exact) mass is 746 g/mol. The van der Waals surface area contributed by atoms with Gasteiger partial charge in [0, 0.05) is 23.3 Å². The fraction of sp³-hybridized carbons (Fsp3) is 0.444. The Morgan fingerprint density at radius 1 is 0.553 bits per heavy atom. The molecule has 2 aromatic rings. The van der Waals surface area contributed by atoms with Gasteiger partial charge in [0.1, 0.15) is 16.5 Å². The predicted molar refractivity (Wildman–Crippen MR) is 197 cm³/mol. The number of hydrogen-bond acceptors (Lipinski definition) is 2. The quantitative estimate of drug-likeness (QED) is 0.172. The largest absolute Gasteiger partial charge is 4.00 e. The minimum Gasteiger partial charge on any atom is -0.451 e. The number of rotatable bonds is 2. The minimum atomic E-state index is -1.61. The summed E-state index contributed by atoms with van der Waals surface area (Å²) in [7, 11) is -5.78. The molecule has 11 heteroatoms. The summed E-state index contributed by atoms with van der Waals surface area (Å²) in [6.45, 7) is 18.4. The molecule has 252 valence electrons. The van der Waals surface area contributed by atoms with Crippen LogP contribution in [0.1, 0.15) is 12.8 Å². The summed E-state index contributed by atoms with van der Waals surface area (Å²) in [6.07, 6.45) is 21.9. The molecule has 6 rings (SSSR count). The number of halogens is 4.